The largest absolute Gasteiger partial charge is 0.390 e. The van der Waals surface area contributed by atoms with Crippen LogP contribution in [0.1, 0.15) is 52.9 Å². The van der Waals surface area contributed by atoms with E-state index in [0.717, 1.165) is 5.92 Å². The normalized spacial score (nSPS) is 24.0. The molecule has 0 spiro atoms. The molecule has 0 saturated heterocycles. The molecule has 1 aliphatic rings. The molecule has 72 valence electrons. The SMILES string of the molecule is CC(C1CCCCC1)C(C)(C)O. The maximum atomic E-state index is 9.84. The van der Waals surface area contributed by atoms with E-state index in [1.807, 2.05) is 13.8 Å². The molecule has 1 unspecified atom stereocenters. The van der Waals surface area contributed by atoms with Crippen molar-refractivity contribution in [2.24, 2.45) is 11.8 Å². The summed E-state index contributed by atoms with van der Waals surface area (Å²) < 4.78 is 0. The lowest BCUT2D eigenvalue weighted by atomic mass is 9.74. The molecule has 0 radical (unpaired) electrons. The first-order valence-corrected chi connectivity index (χ1v) is 5.24. The lowest BCUT2D eigenvalue weighted by Gasteiger charge is -2.35. The summed E-state index contributed by atoms with van der Waals surface area (Å²) >= 11 is 0. The predicted octanol–water partition coefficient (Wildman–Crippen LogP) is 2.97. The van der Waals surface area contributed by atoms with Gasteiger partial charge < -0.3 is 5.11 Å². The van der Waals surface area contributed by atoms with Gasteiger partial charge in [0.1, 0.15) is 0 Å². The molecule has 1 saturated carbocycles. The maximum absolute atomic E-state index is 9.84. The second-order valence-corrected chi connectivity index (χ2v) is 4.84. The molecule has 0 aromatic heterocycles. The molecular weight excluding hydrogens is 148 g/mol. The minimum absolute atomic E-state index is 0.456. The van der Waals surface area contributed by atoms with E-state index in [9.17, 15) is 5.11 Å². The van der Waals surface area contributed by atoms with E-state index in [1.54, 1.807) is 0 Å². The third-order valence-electron chi connectivity index (χ3n) is 3.47. The molecule has 1 heteroatoms. The van der Waals surface area contributed by atoms with Crippen molar-refractivity contribution in [3.8, 4) is 0 Å². The van der Waals surface area contributed by atoms with Gasteiger partial charge in [0.15, 0.2) is 0 Å². The van der Waals surface area contributed by atoms with Crippen LogP contribution in [0.5, 0.6) is 0 Å². The number of aliphatic hydroxyl groups is 1. The summed E-state index contributed by atoms with van der Waals surface area (Å²) in [5.41, 5.74) is -0.484. The van der Waals surface area contributed by atoms with Gasteiger partial charge in [0.2, 0.25) is 0 Å². The third kappa shape index (κ3) is 2.48. The van der Waals surface area contributed by atoms with Crippen LogP contribution < -0.4 is 0 Å². The fraction of sp³-hybridized carbons (Fsp3) is 1.00. The van der Waals surface area contributed by atoms with E-state index < -0.39 is 5.60 Å². The highest BCUT2D eigenvalue weighted by Crippen LogP contribution is 2.35. The van der Waals surface area contributed by atoms with Gasteiger partial charge in [0, 0.05) is 0 Å². The van der Waals surface area contributed by atoms with E-state index in [4.69, 9.17) is 0 Å². The Bertz CT molecular complexity index is 128. The lowest BCUT2D eigenvalue weighted by Crippen LogP contribution is -2.35. The van der Waals surface area contributed by atoms with Crippen molar-refractivity contribution in [1.82, 2.24) is 0 Å². The van der Waals surface area contributed by atoms with Crippen molar-refractivity contribution in [2.75, 3.05) is 0 Å². The third-order valence-corrected chi connectivity index (χ3v) is 3.47. The van der Waals surface area contributed by atoms with Gasteiger partial charge in [-0.3, -0.25) is 0 Å². The van der Waals surface area contributed by atoms with Crippen LogP contribution in [0.3, 0.4) is 0 Å². The molecule has 0 amide bonds. The van der Waals surface area contributed by atoms with E-state index >= 15 is 0 Å². The van der Waals surface area contributed by atoms with Gasteiger partial charge in [-0.15, -0.1) is 0 Å². The zero-order valence-electron chi connectivity index (χ0n) is 8.64. The van der Waals surface area contributed by atoms with Crippen LogP contribution in [0, 0.1) is 11.8 Å². The van der Waals surface area contributed by atoms with Crippen molar-refractivity contribution < 1.29 is 5.11 Å². The van der Waals surface area contributed by atoms with Crippen molar-refractivity contribution in [1.29, 1.82) is 0 Å². The average molecular weight is 170 g/mol. The van der Waals surface area contributed by atoms with Gasteiger partial charge in [0.05, 0.1) is 5.60 Å². The molecule has 0 bridgehead atoms. The Morgan fingerprint density at radius 3 is 2.08 bits per heavy atom. The highest BCUT2D eigenvalue weighted by atomic mass is 16.3. The summed E-state index contributed by atoms with van der Waals surface area (Å²) in [7, 11) is 0. The van der Waals surface area contributed by atoms with Crippen molar-refractivity contribution in [2.45, 2.75) is 58.5 Å². The minimum atomic E-state index is -0.484. The minimum Gasteiger partial charge on any atom is -0.390 e. The summed E-state index contributed by atoms with van der Waals surface area (Å²) in [6, 6.07) is 0. The molecule has 12 heavy (non-hydrogen) atoms. The summed E-state index contributed by atoms with van der Waals surface area (Å²) in [6.07, 6.45) is 6.78. The van der Waals surface area contributed by atoms with Crippen LogP contribution in [0.4, 0.5) is 0 Å². The molecule has 0 heterocycles. The highest BCUT2D eigenvalue weighted by molar-refractivity contribution is 4.81. The van der Waals surface area contributed by atoms with E-state index in [-0.39, 0.29) is 0 Å². The Balaban J connectivity index is 2.45. The van der Waals surface area contributed by atoms with Gasteiger partial charge in [-0.2, -0.15) is 0 Å². The summed E-state index contributed by atoms with van der Waals surface area (Å²) in [5, 5.41) is 9.84. The fourth-order valence-corrected chi connectivity index (χ4v) is 2.21. The first-order valence-electron chi connectivity index (χ1n) is 5.24. The Morgan fingerprint density at radius 1 is 1.17 bits per heavy atom. The van der Waals surface area contributed by atoms with Crippen molar-refractivity contribution >= 4 is 0 Å². The number of hydrogen-bond acceptors (Lipinski definition) is 1. The maximum Gasteiger partial charge on any atom is 0.0619 e. The van der Waals surface area contributed by atoms with Gasteiger partial charge in [-0.25, -0.2) is 0 Å². The fourth-order valence-electron chi connectivity index (χ4n) is 2.21. The molecular formula is C11H22O. The zero-order valence-corrected chi connectivity index (χ0v) is 8.64. The lowest BCUT2D eigenvalue weighted by molar-refractivity contribution is -0.00957. The second-order valence-electron chi connectivity index (χ2n) is 4.84. The number of hydrogen-bond donors (Lipinski definition) is 1. The molecule has 0 aromatic rings. The van der Waals surface area contributed by atoms with Gasteiger partial charge in [-0.05, 0) is 25.7 Å². The first-order chi connectivity index (χ1) is 5.52. The summed E-state index contributed by atoms with van der Waals surface area (Å²) in [5.74, 6) is 1.22. The summed E-state index contributed by atoms with van der Waals surface area (Å²) in [4.78, 5) is 0. The summed E-state index contributed by atoms with van der Waals surface area (Å²) in [6.45, 7) is 6.06. The Morgan fingerprint density at radius 2 is 1.67 bits per heavy atom. The van der Waals surface area contributed by atoms with Crippen LogP contribution in [0.2, 0.25) is 0 Å². The second kappa shape index (κ2) is 3.78. The Kier molecular flexibility index (Phi) is 3.16. The molecule has 1 N–H and O–H groups in total. The predicted molar refractivity (Wildman–Crippen MR) is 52.0 cm³/mol. The van der Waals surface area contributed by atoms with Crippen LogP contribution in [-0.2, 0) is 0 Å². The highest BCUT2D eigenvalue weighted by Gasteiger charge is 2.30. The van der Waals surface area contributed by atoms with Crippen LogP contribution in [0.25, 0.3) is 0 Å². The number of rotatable bonds is 2. The van der Waals surface area contributed by atoms with Gasteiger partial charge in [0.25, 0.3) is 0 Å². The molecule has 0 aliphatic heterocycles. The van der Waals surface area contributed by atoms with Crippen LogP contribution >= 0.6 is 0 Å². The monoisotopic (exact) mass is 170 g/mol. The Labute approximate surface area is 76.2 Å². The quantitative estimate of drug-likeness (QED) is 0.675. The molecule has 1 aliphatic carbocycles. The van der Waals surface area contributed by atoms with E-state index in [1.165, 1.54) is 32.1 Å². The molecule has 1 atom stereocenters. The van der Waals surface area contributed by atoms with E-state index in [2.05, 4.69) is 6.92 Å². The average Bonchev–Trinajstić information content (AvgIpc) is 2.03. The molecule has 1 fully saturated rings. The zero-order chi connectivity index (χ0) is 9.19. The molecule has 0 aromatic carbocycles. The van der Waals surface area contributed by atoms with Crippen LogP contribution in [0.15, 0.2) is 0 Å². The molecule has 1 rings (SSSR count). The standard InChI is InChI=1S/C11H22O/c1-9(11(2,3)12)10-7-5-4-6-8-10/h9-10,12H,4-8H2,1-3H3. The molecule has 1 nitrogen and oxygen atoms in total. The van der Waals surface area contributed by atoms with Gasteiger partial charge >= 0.3 is 0 Å². The van der Waals surface area contributed by atoms with Gasteiger partial charge in [-0.1, -0.05) is 39.0 Å². The van der Waals surface area contributed by atoms with Crippen molar-refractivity contribution in [3.63, 3.8) is 0 Å². The van der Waals surface area contributed by atoms with E-state index in [0.29, 0.717) is 5.92 Å². The smallest absolute Gasteiger partial charge is 0.0619 e. The van der Waals surface area contributed by atoms with Crippen LogP contribution in [-0.4, -0.2) is 10.7 Å². The van der Waals surface area contributed by atoms with Crippen molar-refractivity contribution in [3.05, 3.63) is 0 Å². The first kappa shape index (κ1) is 10.0. The topological polar surface area (TPSA) is 20.2 Å². The Hall–Kier alpha value is -0.0400.